The fourth-order valence-electron chi connectivity index (χ4n) is 4.85. The van der Waals surface area contributed by atoms with Crippen molar-refractivity contribution < 1.29 is 22.4 Å². The predicted molar refractivity (Wildman–Crippen MR) is 143 cm³/mol. The molecule has 5 rings (SSSR count). The van der Waals surface area contributed by atoms with Gasteiger partial charge < -0.3 is 20.1 Å². The van der Waals surface area contributed by atoms with Crippen LogP contribution in [-0.2, 0) is 13.1 Å². The van der Waals surface area contributed by atoms with Gasteiger partial charge in [-0.25, -0.2) is 4.39 Å². The van der Waals surface area contributed by atoms with Crippen molar-refractivity contribution in [2.45, 2.75) is 37.9 Å². The molecule has 0 aliphatic carbocycles. The average Bonchev–Trinajstić information content (AvgIpc) is 3.49. The van der Waals surface area contributed by atoms with Crippen LogP contribution in [0.3, 0.4) is 0 Å². The van der Waals surface area contributed by atoms with Gasteiger partial charge in [0.05, 0.1) is 28.7 Å². The van der Waals surface area contributed by atoms with Crippen LogP contribution in [-0.4, -0.2) is 53.9 Å². The maximum absolute atomic E-state index is 14.7. The number of fused-ring (bicyclic) bond motifs is 1. The number of carbonyl (C=O) groups is 1. The number of anilines is 1. The van der Waals surface area contributed by atoms with Crippen molar-refractivity contribution in [2.24, 2.45) is 0 Å². The minimum Gasteiger partial charge on any atom is -0.379 e. The van der Waals surface area contributed by atoms with E-state index in [0.29, 0.717) is 45.7 Å². The first-order valence-corrected chi connectivity index (χ1v) is 13.2. The van der Waals surface area contributed by atoms with E-state index in [0.717, 1.165) is 11.4 Å². The molecule has 0 spiro atoms. The highest BCUT2D eigenvalue weighted by Crippen LogP contribution is 2.38. The number of hydrogen-bond donors (Lipinski definition) is 2. The molecule has 2 atom stereocenters. The van der Waals surface area contributed by atoms with Gasteiger partial charge in [0.2, 0.25) is 0 Å². The van der Waals surface area contributed by atoms with Crippen molar-refractivity contribution in [3.63, 3.8) is 0 Å². The summed E-state index contributed by atoms with van der Waals surface area (Å²) in [4.78, 5) is 15.8. The van der Waals surface area contributed by atoms with Crippen LogP contribution in [0.5, 0.6) is 0 Å². The highest BCUT2D eigenvalue weighted by atomic mass is 32.1. The maximum Gasteiger partial charge on any atom is 0.406 e. The number of piperidine rings is 1. The Bertz CT molecular complexity index is 1420. The lowest BCUT2D eigenvalue weighted by Gasteiger charge is -2.33. The number of hydrogen-bond acceptors (Lipinski definition) is 4. The van der Waals surface area contributed by atoms with E-state index in [4.69, 9.17) is 0 Å². The Morgan fingerprint density at radius 2 is 1.87 bits per heavy atom. The fourth-order valence-corrected chi connectivity index (χ4v) is 5.83. The summed E-state index contributed by atoms with van der Waals surface area (Å²) >= 11 is 1.33. The molecule has 3 heterocycles. The molecule has 1 saturated heterocycles. The summed E-state index contributed by atoms with van der Waals surface area (Å²) in [5, 5.41) is 6.74. The van der Waals surface area contributed by atoms with Crippen molar-refractivity contribution >= 4 is 33.8 Å². The number of nitrogens with one attached hydrogen (secondary N) is 2. The van der Waals surface area contributed by atoms with Gasteiger partial charge in [-0.15, -0.1) is 11.3 Å². The number of benzene rings is 2. The Kier molecular flexibility index (Phi) is 7.45. The smallest absolute Gasteiger partial charge is 0.379 e. The quantitative estimate of drug-likeness (QED) is 0.268. The van der Waals surface area contributed by atoms with Crippen LogP contribution in [0.15, 0.2) is 66.7 Å². The second-order valence-corrected chi connectivity index (χ2v) is 10.8. The highest BCUT2D eigenvalue weighted by molar-refractivity contribution is 7.15. The predicted octanol–water partition coefficient (Wildman–Crippen LogP) is 6.32. The topological polar surface area (TPSA) is 49.3 Å². The lowest BCUT2D eigenvalue weighted by atomic mass is 10.0. The zero-order valence-electron chi connectivity index (χ0n) is 20.8. The van der Waals surface area contributed by atoms with Crippen molar-refractivity contribution in [3.05, 3.63) is 77.2 Å². The largest absolute Gasteiger partial charge is 0.406 e. The molecule has 2 N–H and O–H groups in total. The van der Waals surface area contributed by atoms with Gasteiger partial charge in [0.1, 0.15) is 12.7 Å². The SMILES string of the molecule is CN1CCC(Nc2cccc3c2cc(-c2ccc(CNC(=O)c4ccccc4)s2)n3CC(F)(F)F)C(F)C1. The van der Waals surface area contributed by atoms with E-state index in [1.54, 1.807) is 54.6 Å². The summed E-state index contributed by atoms with van der Waals surface area (Å²) in [7, 11) is 1.87. The van der Waals surface area contributed by atoms with Crippen molar-refractivity contribution in [3.8, 4) is 10.6 Å². The molecule has 1 aliphatic heterocycles. The van der Waals surface area contributed by atoms with Crippen molar-refractivity contribution in [1.29, 1.82) is 0 Å². The summed E-state index contributed by atoms with van der Waals surface area (Å²) in [6.45, 7) is 0.172. The Hall–Kier alpha value is -3.37. The van der Waals surface area contributed by atoms with Gasteiger partial charge in [0.15, 0.2) is 0 Å². The first-order chi connectivity index (χ1) is 18.2. The molecule has 1 fully saturated rings. The molecule has 200 valence electrons. The molecular formula is C28H28F4N4OS. The number of likely N-dealkylation sites (tertiary alicyclic amines) is 1. The molecular weight excluding hydrogens is 516 g/mol. The molecule has 1 amide bonds. The molecule has 1 aliphatic rings. The first-order valence-electron chi connectivity index (χ1n) is 12.4. The summed E-state index contributed by atoms with van der Waals surface area (Å²) < 4.78 is 56.9. The first kappa shape index (κ1) is 26.2. The molecule has 10 heteroatoms. The fraction of sp³-hybridized carbons (Fsp3) is 0.321. The monoisotopic (exact) mass is 544 g/mol. The summed E-state index contributed by atoms with van der Waals surface area (Å²) in [5.74, 6) is -0.220. The zero-order valence-corrected chi connectivity index (χ0v) is 21.6. The van der Waals surface area contributed by atoms with Crippen LogP contribution in [0, 0.1) is 0 Å². The molecule has 0 saturated carbocycles. The summed E-state index contributed by atoms with van der Waals surface area (Å²) in [6, 6.07) is 18.9. The van der Waals surface area contributed by atoms with Crippen molar-refractivity contribution in [2.75, 3.05) is 25.5 Å². The van der Waals surface area contributed by atoms with E-state index >= 15 is 0 Å². The van der Waals surface area contributed by atoms with Crippen LogP contribution in [0.25, 0.3) is 21.5 Å². The van der Waals surface area contributed by atoms with E-state index < -0.39 is 24.9 Å². The molecule has 0 radical (unpaired) electrons. The molecule has 5 nitrogen and oxygen atoms in total. The van der Waals surface area contributed by atoms with Crippen molar-refractivity contribution in [1.82, 2.24) is 14.8 Å². The molecule has 2 aromatic heterocycles. The van der Waals surface area contributed by atoms with E-state index in [1.807, 2.05) is 24.1 Å². The van der Waals surface area contributed by atoms with Gasteiger partial charge in [0, 0.05) is 34.6 Å². The lowest BCUT2D eigenvalue weighted by Crippen LogP contribution is -2.46. The summed E-state index contributed by atoms with van der Waals surface area (Å²) in [6.07, 6.45) is -4.90. The second-order valence-electron chi connectivity index (χ2n) is 9.60. The Morgan fingerprint density at radius 1 is 1.08 bits per heavy atom. The number of alkyl halides is 4. The minimum atomic E-state index is -4.42. The number of thiophene rings is 1. The Labute approximate surface area is 222 Å². The normalized spacial score (nSPS) is 18.6. The van der Waals surface area contributed by atoms with Gasteiger partial charge in [-0.1, -0.05) is 24.3 Å². The maximum atomic E-state index is 14.7. The van der Waals surface area contributed by atoms with Crippen LogP contribution in [0.4, 0.5) is 23.2 Å². The molecule has 4 aromatic rings. The van der Waals surface area contributed by atoms with Crippen LogP contribution in [0.1, 0.15) is 21.7 Å². The van der Waals surface area contributed by atoms with Crippen LogP contribution in [0.2, 0.25) is 0 Å². The molecule has 38 heavy (non-hydrogen) atoms. The standard InChI is InChI=1S/C28H28F4N4OS/c1-35-13-12-23(21(29)16-35)34-22-8-5-9-24-20(22)14-25(36(24)17-28(30,31)32)26-11-10-19(38-26)15-33-27(37)18-6-3-2-4-7-18/h2-11,14,21,23,34H,12-13,15-17H2,1H3,(H,33,37). The minimum absolute atomic E-state index is 0.220. The lowest BCUT2D eigenvalue weighted by molar-refractivity contribution is -0.139. The van der Waals surface area contributed by atoms with Gasteiger partial charge in [0.25, 0.3) is 5.91 Å². The highest BCUT2D eigenvalue weighted by Gasteiger charge is 2.31. The Balaban J connectivity index is 1.44. The number of amides is 1. The number of halogens is 4. The van der Waals surface area contributed by atoms with Gasteiger partial charge in [-0.2, -0.15) is 13.2 Å². The van der Waals surface area contributed by atoms with Gasteiger partial charge in [-0.05, 0) is 55.9 Å². The third kappa shape index (κ3) is 5.86. The molecule has 0 bridgehead atoms. The van der Waals surface area contributed by atoms with Gasteiger partial charge >= 0.3 is 6.18 Å². The second kappa shape index (κ2) is 10.8. The average molecular weight is 545 g/mol. The van der Waals surface area contributed by atoms with E-state index in [-0.39, 0.29) is 12.5 Å². The van der Waals surface area contributed by atoms with E-state index in [9.17, 15) is 22.4 Å². The van der Waals surface area contributed by atoms with E-state index in [1.165, 1.54) is 15.9 Å². The number of aromatic nitrogens is 1. The summed E-state index contributed by atoms with van der Waals surface area (Å²) in [5.41, 5.74) is 2.01. The van der Waals surface area contributed by atoms with E-state index in [2.05, 4.69) is 10.6 Å². The van der Waals surface area contributed by atoms with Crippen LogP contribution >= 0.6 is 11.3 Å². The number of carbonyl (C=O) groups excluding carboxylic acids is 1. The number of nitrogens with zero attached hydrogens (tertiary/aromatic N) is 2. The molecule has 2 aromatic carbocycles. The zero-order chi connectivity index (χ0) is 26.9. The van der Waals surface area contributed by atoms with Crippen LogP contribution < -0.4 is 10.6 Å². The third-order valence-electron chi connectivity index (χ3n) is 6.74. The van der Waals surface area contributed by atoms with Gasteiger partial charge in [-0.3, -0.25) is 4.79 Å². The third-order valence-corrected chi connectivity index (χ3v) is 7.85. The Morgan fingerprint density at radius 3 is 2.61 bits per heavy atom. The molecule has 2 unspecified atom stereocenters. The number of rotatable bonds is 7.